The van der Waals surface area contributed by atoms with Crippen LogP contribution in [0.5, 0.6) is 0 Å². The first-order valence-corrected chi connectivity index (χ1v) is 11.7. The molecular formula is C22H40N2O10. The van der Waals surface area contributed by atoms with Gasteiger partial charge in [0.1, 0.15) is 12.2 Å². The van der Waals surface area contributed by atoms with Crippen LogP contribution >= 0.6 is 0 Å². The number of rotatable bonds is 11. The van der Waals surface area contributed by atoms with E-state index in [2.05, 4.69) is 10.6 Å². The molecule has 0 bridgehead atoms. The van der Waals surface area contributed by atoms with Gasteiger partial charge in [-0.1, -0.05) is 6.92 Å². The molecule has 0 aromatic rings. The molecule has 0 aromatic carbocycles. The van der Waals surface area contributed by atoms with E-state index in [1.165, 1.54) is 21.0 Å². The molecular weight excluding hydrogens is 452 g/mol. The van der Waals surface area contributed by atoms with Crippen LogP contribution in [0.2, 0.25) is 0 Å². The van der Waals surface area contributed by atoms with Gasteiger partial charge in [0.05, 0.1) is 69.5 Å². The molecule has 6 N–H and O–H groups in total. The van der Waals surface area contributed by atoms with Crippen molar-refractivity contribution in [2.75, 3.05) is 40.1 Å². The third kappa shape index (κ3) is 7.08. The molecule has 34 heavy (non-hydrogen) atoms. The molecule has 2 heterocycles. The highest BCUT2D eigenvalue weighted by molar-refractivity contribution is 5.73. The molecule has 0 spiro atoms. The smallest absolute Gasteiger partial charge is 0.217 e. The summed E-state index contributed by atoms with van der Waals surface area (Å²) >= 11 is 0. The first kappa shape index (κ1) is 28.9. The van der Waals surface area contributed by atoms with Crippen LogP contribution in [-0.4, -0.2) is 121 Å². The van der Waals surface area contributed by atoms with E-state index in [1.54, 1.807) is 0 Å². The molecule has 0 aromatic heterocycles. The Morgan fingerprint density at radius 3 is 1.71 bits per heavy atom. The molecule has 2 aliphatic heterocycles. The molecule has 198 valence electrons. The lowest BCUT2D eigenvalue weighted by Crippen LogP contribution is -2.64. The second kappa shape index (κ2) is 13.6. The topological polar surface area (TPSA) is 176 Å². The minimum absolute atomic E-state index is 0.0497. The SMILES string of the molecule is CC[C@@H]1C(CO)O[C@@H](COC[C@@H]2C(CO)O[C@@H](COC)C(NC(C)=O)C2O)C(NC(C)=O)C1O. The normalized spacial score (nSPS) is 38.4. The number of amides is 2. The summed E-state index contributed by atoms with van der Waals surface area (Å²) < 4.78 is 22.8. The summed E-state index contributed by atoms with van der Waals surface area (Å²) in [6, 6.07) is -1.51. The Bertz CT molecular complexity index is 653. The number of methoxy groups -OCH3 is 1. The first-order valence-electron chi connectivity index (χ1n) is 11.7. The van der Waals surface area contributed by atoms with Crippen LogP contribution in [0.25, 0.3) is 0 Å². The average molecular weight is 493 g/mol. The van der Waals surface area contributed by atoms with Crippen molar-refractivity contribution in [1.29, 1.82) is 0 Å². The van der Waals surface area contributed by atoms with Crippen LogP contribution in [-0.2, 0) is 28.5 Å². The quantitative estimate of drug-likeness (QED) is 0.181. The van der Waals surface area contributed by atoms with Crippen LogP contribution in [0.1, 0.15) is 27.2 Å². The molecule has 2 saturated heterocycles. The number of aliphatic hydroxyl groups is 4. The van der Waals surface area contributed by atoms with E-state index in [4.69, 9.17) is 18.9 Å². The molecule has 2 rings (SSSR count). The van der Waals surface area contributed by atoms with Gasteiger partial charge in [-0.15, -0.1) is 0 Å². The highest BCUT2D eigenvalue weighted by Gasteiger charge is 2.47. The average Bonchev–Trinajstić information content (AvgIpc) is 2.78. The van der Waals surface area contributed by atoms with Gasteiger partial charge in [0, 0.05) is 32.8 Å². The second-order valence-corrected chi connectivity index (χ2v) is 8.95. The van der Waals surface area contributed by atoms with Crippen LogP contribution in [0.4, 0.5) is 0 Å². The number of nitrogens with one attached hydrogen (secondary N) is 2. The van der Waals surface area contributed by atoms with Crippen LogP contribution in [0, 0.1) is 11.8 Å². The number of aliphatic hydroxyl groups excluding tert-OH is 4. The molecule has 10 atom stereocenters. The molecule has 12 nitrogen and oxygen atoms in total. The minimum atomic E-state index is -1.09. The highest BCUT2D eigenvalue weighted by Crippen LogP contribution is 2.30. The molecule has 0 aliphatic carbocycles. The van der Waals surface area contributed by atoms with Gasteiger partial charge in [0.15, 0.2) is 0 Å². The third-order valence-corrected chi connectivity index (χ3v) is 6.56. The van der Waals surface area contributed by atoms with E-state index in [0.29, 0.717) is 6.42 Å². The monoisotopic (exact) mass is 492 g/mol. The minimum Gasteiger partial charge on any atom is -0.394 e. The molecule has 0 saturated carbocycles. The summed E-state index contributed by atoms with van der Waals surface area (Å²) in [5.74, 6) is -1.73. The zero-order chi connectivity index (χ0) is 25.4. The summed E-state index contributed by atoms with van der Waals surface area (Å²) in [4.78, 5) is 23.4. The van der Waals surface area contributed by atoms with Gasteiger partial charge in [-0.3, -0.25) is 9.59 Å². The Kier molecular flexibility index (Phi) is 11.6. The van der Waals surface area contributed by atoms with E-state index in [9.17, 15) is 30.0 Å². The van der Waals surface area contributed by atoms with Crippen LogP contribution < -0.4 is 10.6 Å². The zero-order valence-corrected chi connectivity index (χ0v) is 20.3. The standard InChI is InChI=1S/C22H40N2O10/c1-5-13-15(6-25)33-18(20(21(13)29)24-12(3)28)10-32-8-14-16(7-26)34-17(9-31-4)19(22(14)30)23-11(2)27/h13-22,25-26,29-30H,5-10H2,1-4H3,(H,23,27)(H,24,28)/t13-,14-,15?,16?,17+,18+,19?,20?,21?,22?/m1/s1. The lowest BCUT2D eigenvalue weighted by atomic mass is 9.83. The van der Waals surface area contributed by atoms with Crippen LogP contribution in [0.15, 0.2) is 0 Å². The van der Waals surface area contributed by atoms with E-state index in [1.807, 2.05) is 6.92 Å². The first-order chi connectivity index (χ1) is 16.2. The maximum absolute atomic E-state index is 11.7. The summed E-state index contributed by atoms with van der Waals surface area (Å²) in [5.41, 5.74) is 0. The van der Waals surface area contributed by atoms with Gasteiger partial charge in [-0.2, -0.15) is 0 Å². The van der Waals surface area contributed by atoms with Crippen molar-refractivity contribution in [2.24, 2.45) is 11.8 Å². The van der Waals surface area contributed by atoms with Gasteiger partial charge in [0.25, 0.3) is 0 Å². The molecule has 2 amide bonds. The van der Waals surface area contributed by atoms with Gasteiger partial charge in [-0.05, 0) is 6.42 Å². The van der Waals surface area contributed by atoms with Gasteiger partial charge in [0.2, 0.25) is 11.8 Å². The largest absolute Gasteiger partial charge is 0.394 e. The maximum atomic E-state index is 11.7. The number of carbonyl (C=O) groups is 2. The summed E-state index contributed by atoms with van der Waals surface area (Å²) in [7, 11) is 1.47. The van der Waals surface area contributed by atoms with Crippen LogP contribution in [0.3, 0.4) is 0 Å². The fourth-order valence-electron chi connectivity index (χ4n) is 4.90. The van der Waals surface area contributed by atoms with E-state index in [-0.39, 0.29) is 50.8 Å². The third-order valence-electron chi connectivity index (χ3n) is 6.56. The van der Waals surface area contributed by atoms with E-state index >= 15 is 0 Å². The van der Waals surface area contributed by atoms with Crippen molar-refractivity contribution >= 4 is 11.8 Å². The summed E-state index contributed by atoms with van der Waals surface area (Å²) in [5, 5.41) is 46.7. The predicted octanol–water partition coefficient (Wildman–Crippen LogP) is -2.46. The maximum Gasteiger partial charge on any atom is 0.217 e. The van der Waals surface area contributed by atoms with E-state index in [0.717, 1.165) is 0 Å². The number of hydrogen-bond donors (Lipinski definition) is 6. The Balaban J connectivity index is 2.10. The molecule has 6 unspecified atom stereocenters. The van der Waals surface area contributed by atoms with Gasteiger partial charge in [-0.25, -0.2) is 0 Å². The van der Waals surface area contributed by atoms with Crippen molar-refractivity contribution in [3.05, 3.63) is 0 Å². The number of ether oxygens (including phenoxy) is 4. The second-order valence-electron chi connectivity index (χ2n) is 8.95. The lowest BCUT2D eigenvalue weighted by molar-refractivity contribution is -0.205. The fourth-order valence-corrected chi connectivity index (χ4v) is 4.90. The molecule has 2 aliphatic rings. The summed E-state index contributed by atoms with van der Waals surface area (Å²) in [6.45, 7) is 3.87. The van der Waals surface area contributed by atoms with Crippen molar-refractivity contribution in [1.82, 2.24) is 10.6 Å². The predicted molar refractivity (Wildman–Crippen MR) is 119 cm³/mol. The highest BCUT2D eigenvalue weighted by atomic mass is 16.6. The molecule has 0 radical (unpaired) electrons. The van der Waals surface area contributed by atoms with Crippen molar-refractivity contribution in [3.8, 4) is 0 Å². The van der Waals surface area contributed by atoms with Crippen molar-refractivity contribution in [2.45, 2.75) is 75.9 Å². The zero-order valence-electron chi connectivity index (χ0n) is 20.3. The molecule has 2 fully saturated rings. The van der Waals surface area contributed by atoms with E-state index < -0.39 is 54.6 Å². The fraction of sp³-hybridized carbons (Fsp3) is 0.909. The lowest BCUT2D eigenvalue weighted by Gasteiger charge is -2.46. The Morgan fingerprint density at radius 2 is 1.26 bits per heavy atom. The van der Waals surface area contributed by atoms with Crippen molar-refractivity contribution < 1.29 is 49.0 Å². The van der Waals surface area contributed by atoms with Gasteiger partial charge >= 0.3 is 0 Å². The Hall–Kier alpha value is -1.38. The van der Waals surface area contributed by atoms with Crippen molar-refractivity contribution in [3.63, 3.8) is 0 Å². The Morgan fingerprint density at radius 1 is 0.794 bits per heavy atom. The number of hydrogen-bond acceptors (Lipinski definition) is 10. The molecule has 12 heteroatoms. The number of carbonyl (C=O) groups excluding carboxylic acids is 2. The Labute approximate surface area is 199 Å². The summed E-state index contributed by atoms with van der Waals surface area (Å²) in [6.07, 6.45) is -4.28. The van der Waals surface area contributed by atoms with Gasteiger partial charge < -0.3 is 50.0 Å².